The molecule has 0 radical (unpaired) electrons. The molecule has 0 aromatic heterocycles. The van der Waals surface area contributed by atoms with Gasteiger partial charge in [0, 0.05) is 34.0 Å². The van der Waals surface area contributed by atoms with Crippen LogP contribution in [-0.4, -0.2) is 29.6 Å². The van der Waals surface area contributed by atoms with Crippen molar-refractivity contribution in [3.8, 4) is 5.75 Å². The number of carbonyl (C=O) groups excluding carboxylic acids is 2. The maximum Gasteiger partial charge on any atom is 0.271 e. The number of carbonyl (C=O) groups is 2. The van der Waals surface area contributed by atoms with Crippen LogP contribution in [0, 0.1) is 24.0 Å². The number of nitrogens with one attached hydrogen (secondary N) is 2. The maximum atomic E-state index is 12.4. The van der Waals surface area contributed by atoms with Crippen molar-refractivity contribution in [2.24, 2.45) is 5.10 Å². The van der Waals surface area contributed by atoms with E-state index in [-0.39, 0.29) is 23.8 Å². The molecule has 0 bridgehead atoms. The van der Waals surface area contributed by atoms with Gasteiger partial charge in [0.1, 0.15) is 5.75 Å². The van der Waals surface area contributed by atoms with Crippen LogP contribution >= 0.6 is 11.6 Å². The summed E-state index contributed by atoms with van der Waals surface area (Å²) in [6.45, 7) is 3.64. The van der Waals surface area contributed by atoms with Crippen molar-refractivity contribution in [3.63, 3.8) is 0 Å². The van der Waals surface area contributed by atoms with Gasteiger partial charge in [-0.25, -0.2) is 5.43 Å². The first kappa shape index (κ1) is 24.4. The summed E-state index contributed by atoms with van der Waals surface area (Å²) >= 11 is 6.06. The van der Waals surface area contributed by atoms with E-state index in [2.05, 4.69) is 15.8 Å². The highest BCUT2D eigenvalue weighted by Gasteiger charge is 2.11. The van der Waals surface area contributed by atoms with Crippen LogP contribution in [0.15, 0.2) is 65.8 Å². The van der Waals surface area contributed by atoms with Gasteiger partial charge in [-0.15, -0.1) is 0 Å². The first-order valence-corrected chi connectivity index (χ1v) is 10.5. The summed E-state index contributed by atoms with van der Waals surface area (Å²) in [5.74, 6) is -0.546. The van der Waals surface area contributed by atoms with E-state index in [1.54, 1.807) is 18.2 Å². The number of ether oxygens (including phenoxy) is 1. The summed E-state index contributed by atoms with van der Waals surface area (Å²) in [5, 5.41) is 17.8. The monoisotopic (exact) mass is 480 g/mol. The minimum Gasteiger partial charge on any atom is -0.483 e. The number of hydrogen-bond acceptors (Lipinski definition) is 6. The van der Waals surface area contributed by atoms with Gasteiger partial charge in [-0.1, -0.05) is 23.7 Å². The molecule has 34 heavy (non-hydrogen) atoms. The standard InChI is InChI=1S/C24H21ClN4O5/c1-15-4-3-5-21(16(15)2)27-23(30)14-34-22-11-8-19(25)12-18(22)13-26-28-24(31)17-6-9-20(10-7-17)29(32)33/h3-13H,14H2,1-2H3,(H,27,30)(H,28,31)/b26-13+. The fourth-order valence-electron chi connectivity index (χ4n) is 2.93. The number of amides is 2. The van der Waals surface area contributed by atoms with Crippen LogP contribution in [0.2, 0.25) is 5.02 Å². The number of rotatable bonds is 8. The Labute approximate surface area is 200 Å². The molecular weight excluding hydrogens is 460 g/mol. The first-order chi connectivity index (χ1) is 16.2. The zero-order valence-corrected chi connectivity index (χ0v) is 19.1. The minimum atomic E-state index is -0.553. The van der Waals surface area contributed by atoms with Crippen LogP contribution in [-0.2, 0) is 4.79 Å². The Morgan fingerprint density at radius 2 is 1.85 bits per heavy atom. The number of hydrazone groups is 1. The van der Waals surface area contributed by atoms with Crippen molar-refractivity contribution in [2.45, 2.75) is 13.8 Å². The van der Waals surface area contributed by atoms with E-state index in [1.807, 2.05) is 32.0 Å². The molecule has 0 spiro atoms. The summed E-state index contributed by atoms with van der Waals surface area (Å²) in [6, 6.07) is 15.5. The first-order valence-electron chi connectivity index (χ1n) is 10.1. The fourth-order valence-corrected chi connectivity index (χ4v) is 3.11. The van der Waals surface area contributed by atoms with Gasteiger partial charge in [0.2, 0.25) is 0 Å². The SMILES string of the molecule is Cc1cccc(NC(=O)COc2ccc(Cl)cc2/C=N/NC(=O)c2ccc([N+](=O)[O-])cc2)c1C. The topological polar surface area (TPSA) is 123 Å². The molecule has 2 amide bonds. The Kier molecular flexibility index (Phi) is 7.94. The fraction of sp³-hybridized carbons (Fsp3) is 0.125. The number of nitro groups is 1. The molecule has 0 heterocycles. The number of aryl methyl sites for hydroxylation is 1. The zero-order valence-electron chi connectivity index (χ0n) is 18.4. The van der Waals surface area contributed by atoms with Crippen LogP contribution < -0.4 is 15.5 Å². The van der Waals surface area contributed by atoms with Crippen molar-refractivity contribution in [1.29, 1.82) is 0 Å². The molecule has 0 saturated heterocycles. The van der Waals surface area contributed by atoms with Crippen LogP contribution in [0.5, 0.6) is 5.75 Å². The number of hydrogen-bond donors (Lipinski definition) is 2. The molecular formula is C24H21ClN4O5. The second-order valence-corrected chi connectivity index (χ2v) is 7.71. The Balaban J connectivity index is 1.63. The predicted octanol–water partition coefficient (Wildman–Crippen LogP) is 4.65. The minimum absolute atomic E-state index is 0.123. The number of nitrogens with zero attached hydrogens (tertiary/aromatic N) is 2. The highest BCUT2D eigenvalue weighted by Crippen LogP contribution is 2.22. The lowest BCUT2D eigenvalue weighted by atomic mass is 10.1. The highest BCUT2D eigenvalue weighted by molar-refractivity contribution is 6.30. The van der Waals surface area contributed by atoms with E-state index >= 15 is 0 Å². The molecule has 0 saturated carbocycles. The van der Waals surface area contributed by atoms with Crippen LogP contribution in [0.25, 0.3) is 0 Å². The van der Waals surface area contributed by atoms with Crippen LogP contribution in [0.1, 0.15) is 27.0 Å². The number of non-ortho nitro benzene ring substituents is 1. The number of nitro benzene ring substituents is 1. The number of halogens is 1. The van der Waals surface area contributed by atoms with E-state index in [1.165, 1.54) is 30.5 Å². The number of anilines is 1. The van der Waals surface area contributed by atoms with Gasteiger partial charge in [0.25, 0.3) is 17.5 Å². The molecule has 9 nitrogen and oxygen atoms in total. The molecule has 0 aliphatic carbocycles. The van der Waals surface area contributed by atoms with Crippen molar-refractivity contribution in [2.75, 3.05) is 11.9 Å². The lowest BCUT2D eigenvalue weighted by Gasteiger charge is -2.12. The van der Waals surface area contributed by atoms with E-state index in [0.29, 0.717) is 22.0 Å². The highest BCUT2D eigenvalue weighted by atomic mass is 35.5. The average molecular weight is 481 g/mol. The van der Waals surface area contributed by atoms with Crippen molar-refractivity contribution in [3.05, 3.63) is 98.1 Å². The second-order valence-electron chi connectivity index (χ2n) is 7.27. The van der Waals surface area contributed by atoms with Crippen LogP contribution in [0.4, 0.5) is 11.4 Å². The van der Waals surface area contributed by atoms with Gasteiger partial charge < -0.3 is 10.1 Å². The third-order valence-electron chi connectivity index (χ3n) is 4.92. The summed E-state index contributed by atoms with van der Waals surface area (Å²) in [6.07, 6.45) is 1.33. The average Bonchev–Trinajstić information content (AvgIpc) is 2.81. The zero-order chi connectivity index (χ0) is 24.7. The van der Waals surface area contributed by atoms with Gasteiger partial charge in [-0.2, -0.15) is 5.10 Å². The molecule has 3 aromatic carbocycles. The molecule has 0 aliphatic rings. The van der Waals surface area contributed by atoms with Gasteiger partial charge in [0.05, 0.1) is 11.1 Å². The van der Waals surface area contributed by atoms with Gasteiger partial charge in [-0.05, 0) is 61.4 Å². The summed E-state index contributed by atoms with van der Waals surface area (Å²) in [4.78, 5) is 34.7. The molecule has 3 aromatic rings. The molecule has 3 rings (SSSR count). The van der Waals surface area contributed by atoms with E-state index in [9.17, 15) is 19.7 Å². The largest absolute Gasteiger partial charge is 0.483 e. The van der Waals surface area contributed by atoms with E-state index < -0.39 is 10.8 Å². The molecule has 10 heteroatoms. The molecule has 174 valence electrons. The molecule has 0 fully saturated rings. The van der Waals surface area contributed by atoms with Crippen molar-refractivity contribution < 1.29 is 19.2 Å². The van der Waals surface area contributed by atoms with E-state index in [0.717, 1.165) is 11.1 Å². The third kappa shape index (κ3) is 6.39. The van der Waals surface area contributed by atoms with Crippen LogP contribution in [0.3, 0.4) is 0 Å². The molecule has 0 aliphatic heterocycles. The number of benzene rings is 3. The van der Waals surface area contributed by atoms with E-state index in [4.69, 9.17) is 16.3 Å². The summed E-state index contributed by atoms with van der Waals surface area (Å²) in [5.41, 5.74) is 5.60. The van der Waals surface area contributed by atoms with Crippen molar-refractivity contribution in [1.82, 2.24) is 5.43 Å². The Hall–Kier alpha value is -4.24. The molecule has 2 N–H and O–H groups in total. The Bertz CT molecular complexity index is 1260. The van der Waals surface area contributed by atoms with Gasteiger partial charge in [-0.3, -0.25) is 19.7 Å². The van der Waals surface area contributed by atoms with Gasteiger partial charge >= 0.3 is 0 Å². The summed E-state index contributed by atoms with van der Waals surface area (Å²) in [7, 11) is 0. The molecule has 0 unspecified atom stereocenters. The quantitative estimate of drug-likeness (QED) is 0.276. The lowest BCUT2D eigenvalue weighted by molar-refractivity contribution is -0.384. The normalized spacial score (nSPS) is 10.7. The molecule has 0 atom stereocenters. The van der Waals surface area contributed by atoms with Gasteiger partial charge in [0.15, 0.2) is 6.61 Å². The smallest absolute Gasteiger partial charge is 0.271 e. The Morgan fingerprint density at radius 3 is 2.56 bits per heavy atom. The Morgan fingerprint density at radius 1 is 1.12 bits per heavy atom. The lowest BCUT2D eigenvalue weighted by Crippen LogP contribution is -2.21. The predicted molar refractivity (Wildman–Crippen MR) is 130 cm³/mol. The second kappa shape index (κ2) is 11.1. The van der Waals surface area contributed by atoms with Crippen molar-refractivity contribution >= 4 is 41.0 Å². The third-order valence-corrected chi connectivity index (χ3v) is 5.15. The maximum absolute atomic E-state index is 12.4. The summed E-state index contributed by atoms with van der Waals surface area (Å²) < 4.78 is 5.64.